The van der Waals surface area contributed by atoms with Gasteiger partial charge in [-0.25, -0.2) is 4.98 Å². The molecule has 0 saturated carbocycles. The van der Waals surface area contributed by atoms with Gasteiger partial charge in [-0.15, -0.1) is 0 Å². The van der Waals surface area contributed by atoms with Crippen LogP contribution in [0.3, 0.4) is 0 Å². The van der Waals surface area contributed by atoms with Crippen LogP contribution in [0, 0.1) is 6.92 Å². The van der Waals surface area contributed by atoms with Crippen molar-refractivity contribution < 1.29 is 14.3 Å². The Hall–Kier alpha value is -2.83. The van der Waals surface area contributed by atoms with Crippen molar-refractivity contribution in [1.29, 1.82) is 0 Å². The first kappa shape index (κ1) is 17.0. The third kappa shape index (κ3) is 3.65. The maximum absolute atomic E-state index is 12.8. The molecular weight excluding hydrogens is 320 g/mol. The van der Waals surface area contributed by atoms with Gasteiger partial charge in [0.25, 0.3) is 5.91 Å². The van der Waals surface area contributed by atoms with Gasteiger partial charge in [-0.05, 0) is 19.1 Å². The molecule has 1 aromatic heterocycles. The summed E-state index contributed by atoms with van der Waals surface area (Å²) < 4.78 is 10.5. The molecule has 2 heterocycles. The second kappa shape index (κ2) is 7.38. The standard InChI is InChI=1S/C18H22N4O3/c1-13-11-19-12-17(20-13)21-6-8-22(9-7-21)18(23)15-5-4-14(24-2)10-16(15)25-3/h4-5,10-12H,6-9H2,1-3H3. The van der Waals surface area contributed by atoms with E-state index in [-0.39, 0.29) is 5.91 Å². The monoisotopic (exact) mass is 342 g/mol. The number of anilines is 1. The smallest absolute Gasteiger partial charge is 0.257 e. The molecule has 0 N–H and O–H groups in total. The third-order valence-electron chi connectivity index (χ3n) is 4.27. The molecule has 1 aliphatic rings. The minimum Gasteiger partial charge on any atom is -0.497 e. The van der Waals surface area contributed by atoms with Gasteiger partial charge in [-0.1, -0.05) is 0 Å². The largest absolute Gasteiger partial charge is 0.497 e. The van der Waals surface area contributed by atoms with Gasteiger partial charge in [0.2, 0.25) is 0 Å². The minimum absolute atomic E-state index is 0.0329. The number of hydrogen-bond donors (Lipinski definition) is 0. The van der Waals surface area contributed by atoms with Crippen LogP contribution in [0.5, 0.6) is 11.5 Å². The highest BCUT2D eigenvalue weighted by Gasteiger charge is 2.25. The first-order valence-corrected chi connectivity index (χ1v) is 8.17. The number of piperazine rings is 1. The number of benzene rings is 1. The van der Waals surface area contributed by atoms with Crippen LogP contribution in [0.4, 0.5) is 5.82 Å². The third-order valence-corrected chi connectivity index (χ3v) is 4.27. The van der Waals surface area contributed by atoms with Crippen LogP contribution in [0.25, 0.3) is 0 Å². The lowest BCUT2D eigenvalue weighted by Gasteiger charge is -2.35. The summed E-state index contributed by atoms with van der Waals surface area (Å²) in [7, 11) is 3.14. The summed E-state index contributed by atoms with van der Waals surface area (Å²) in [6, 6.07) is 5.25. The predicted molar refractivity (Wildman–Crippen MR) is 94.4 cm³/mol. The summed E-state index contributed by atoms with van der Waals surface area (Å²) in [5.41, 5.74) is 1.44. The number of ether oxygens (including phenoxy) is 2. The van der Waals surface area contributed by atoms with Crippen molar-refractivity contribution in [3.63, 3.8) is 0 Å². The first-order chi connectivity index (χ1) is 12.1. The minimum atomic E-state index is -0.0329. The number of aryl methyl sites for hydroxylation is 1. The first-order valence-electron chi connectivity index (χ1n) is 8.17. The average molecular weight is 342 g/mol. The highest BCUT2D eigenvalue weighted by Crippen LogP contribution is 2.26. The van der Waals surface area contributed by atoms with E-state index in [1.807, 2.05) is 11.8 Å². The predicted octanol–water partition coefficient (Wildman–Crippen LogP) is 1.76. The molecule has 2 aromatic rings. The van der Waals surface area contributed by atoms with E-state index in [4.69, 9.17) is 9.47 Å². The molecule has 1 aromatic carbocycles. The number of carbonyl (C=O) groups excluding carboxylic acids is 1. The van der Waals surface area contributed by atoms with Crippen LogP contribution < -0.4 is 14.4 Å². The van der Waals surface area contributed by atoms with Crippen LogP contribution in [0.15, 0.2) is 30.6 Å². The zero-order valence-electron chi connectivity index (χ0n) is 14.7. The molecule has 1 saturated heterocycles. The van der Waals surface area contributed by atoms with Crippen LogP contribution in [0.2, 0.25) is 0 Å². The van der Waals surface area contributed by atoms with Gasteiger partial charge in [-0.2, -0.15) is 0 Å². The highest BCUT2D eigenvalue weighted by molar-refractivity contribution is 5.97. The molecule has 0 radical (unpaired) electrons. The van der Waals surface area contributed by atoms with E-state index in [1.54, 1.807) is 44.8 Å². The number of aromatic nitrogens is 2. The van der Waals surface area contributed by atoms with E-state index in [1.165, 1.54) is 0 Å². The fraction of sp³-hybridized carbons (Fsp3) is 0.389. The Morgan fingerprint density at radius 1 is 1.08 bits per heavy atom. The second-order valence-electron chi connectivity index (χ2n) is 5.86. The zero-order chi connectivity index (χ0) is 17.8. The topological polar surface area (TPSA) is 67.8 Å². The quantitative estimate of drug-likeness (QED) is 0.843. The van der Waals surface area contributed by atoms with E-state index in [0.29, 0.717) is 30.2 Å². The van der Waals surface area contributed by atoms with E-state index in [0.717, 1.165) is 24.6 Å². The van der Waals surface area contributed by atoms with Crippen molar-refractivity contribution >= 4 is 11.7 Å². The molecule has 25 heavy (non-hydrogen) atoms. The Labute approximate surface area is 147 Å². The van der Waals surface area contributed by atoms with Crippen molar-refractivity contribution in [3.8, 4) is 11.5 Å². The average Bonchev–Trinajstić information content (AvgIpc) is 2.67. The fourth-order valence-corrected chi connectivity index (χ4v) is 2.89. The molecule has 1 amide bonds. The summed E-state index contributed by atoms with van der Waals surface area (Å²) in [4.78, 5) is 25.5. The van der Waals surface area contributed by atoms with Crippen LogP contribution >= 0.6 is 0 Å². The maximum atomic E-state index is 12.8. The summed E-state index contributed by atoms with van der Waals surface area (Å²) in [5.74, 6) is 2.01. The zero-order valence-corrected chi connectivity index (χ0v) is 14.7. The molecule has 0 spiro atoms. The molecule has 7 nitrogen and oxygen atoms in total. The maximum Gasteiger partial charge on any atom is 0.257 e. The Kier molecular flexibility index (Phi) is 5.02. The van der Waals surface area contributed by atoms with Gasteiger partial charge in [-0.3, -0.25) is 9.78 Å². The Bertz CT molecular complexity index is 758. The molecule has 0 unspecified atom stereocenters. The van der Waals surface area contributed by atoms with Crippen molar-refractivity contribution in [2.75, 3.05) is 45.3 Å². The van der Waals surface area contributed by atoms with Crippen LogP contribution in [0.1, 0.15) is 16.1 Å². The lowest BCUT2D eigenvalue weighted by Crippen LogP contribution is -2.49. The van der Waals surface area contributed by atoms with E-state index < -0.39 is 0 Å². The van der Waals surface area contributed by atoms with E-state index >= 15 is 0 Å². The highest BCUT2D eigenvalue weighted by atomic mass is 16.5. The molecule has 0 bridgehead atoms. The number of rotatable bonds is 4. The van der Waals surface area contributed by atoms with Crippen molar-refractivity contribution in [1.82, 2.24) is 14.9 Å². The van der Waals surface area contributed by atoms with Gasteiger partial charge < -0.3 is 19.3 Å². The Balaban J connectivity index is 1.69. The summed E-state index contributed by atoms with van der Waals surface area (Å²) in [6.07, 6.45) is 3.50. The van der Waals surface area contributed by atoms with Gasteiger partial charge in [0, 0.05) is 38.4 Å². The summed E-state index contributed by atoms with van der Waals surface area (Å²) in [6.45, 7) is 4.63. The SMILES string of the molecule is COc1ccc(C(=O)N2CCN(c3cncc(C)n3)CC2)c(OC)c1. The van der Waals surface area contributed by atoms with Crippen molar-refractivity contribution in [3.05, 3.63) is 41.9 Å². The second-order valence-corrected chi connectivity index (χ2v) is 5.86. The normalized spacial score (nSPS) is 14.4. The molecule has 1 fully saturated rings. The molecular formula is C18H22N4O3. The van der Waals surface area contributed by atoms with E-state index in [2.05, 4.69) is 14.9 Å². The van der Waals surface area contributed by atoms with Crippen LogP contribution in [-0.4, -0.2) is 61.2 Å². The lowest BCUT2D eigenvalue weighted by atomic mass is 10.1. The number of nitrogens with zero attached hydrogens (tertiary/aromatic N) is 4. The summed E-state index contributed by atoms with van der Waals surface area (Å²) in [5, 5.41) is 0. The van der Waals surface area contributed by atoms with Gasteiger partial charge in [0.05, 0.1) is 31.7 Å². The van der Waals surface area contributed by atoms with Crippen molar-refractivity contribution in [2.24, 2.45) is 0 Å². The number of methoxy groups -OCH3 is 2. The Morgan fingerprint density at radius 3 is 2.48 bits per heavy atom. The van der Waals surface area contributed by atoms with Crippen molar-refractivity contribution in [2.45, 2.75) is 6.92 Å². The van der Waals surface area contributed by atoms with E-state index in [9.17, 15) is 4.79 Å². The van der Waals surface area contributed by atoms with Gasteiger partial charge in [0.1, 0.15) is 17.3 Å². The molecule has 7 heteroatoms. The number of amides is 1. The molecule has 1 aliphatic heterocycles. The molecule has 0 atom stereocenters. The van der Waals surface area contributed by atoms with Gasteiger partial charge >= 0.3 is 0 Å². The molecule has 3 rings (SSSR count). The summed E-state index contributed by atoms with van der Waals surface area (Å²) >= 11 is 0. The number of carbonyl (C=O) groups is 1. The van der Waals surface area contributed by atoms with Crippen LogP contribution in [-0.2, 0) is 0 Å². The molecule has 0 aliphatic carbocycles. The van der Waals surface area contributed by atoms with Gasteiger partial charge in [0.15, 0.2) is 0 Å². The fourth-order valence-electron chi connectivity index (χ4n) is 2.89. The number of hydrogen-bond acceptors (Lipinski definition) is 6. The lowest BCUT2D eigenvalue weighted by molar-refractivity contribution is 0.0743. The Morgan fingerprint density at radius 2 is 1.84 bits per heavy atom. The molecule has 132 valence electrons.